The lowest BCUT2D eigenvalue weighted by Crippen LogP contribution is -2.23. The Hall–Kier alpha value is -2.95. The smallest absolute Gasteiger partial charge is 0.251 e. The van der Waals surface area contributed by atoms with Gasteiger partial charge >= 0.3 is 0 Å². The van der Waals surface area contributed by atoms with Crippen molar-refractivity contribution in [2.75, 3.05) is 7.11 Å². The molecule has 1 heterocycles. The van der Waals surface area contributed by atoms with E-state index in [-0.39, 0.29) is 17.9 Å². The Balaban J connectivity index is 1.78. The topological polar surface area (TPSA) is 51.2 Å². The Morgan fingerprint density at radius 2 is 1.89 bits per heavy atom. The molecular weight excluding hydrogens is 355 g/mol. The molecule has 1 aromatic heterocycles. The number of carbonyl (C=O) groups is 1. The van der Waals surface area contributed by atoms with Gasteiger partial charge in [0.1, 0.15) is 11.6 Å². The third-order valence-corrected chi connectivity index (χ3v) is 4.72. The summed E-state index contributed by atoms with van der Waals surface area (Å²) in [5.74, 6) is -0.168. The quantitative estimate of drug-likeness (QED) is 0.699. The summed E-state index contributed by atoms with van der Waals surface area (Å²) in [5, 5.41) is 3.68. The number of fused-ring (bicyclic) bond motifs is 1. The van der Waals surface area contributed by atoms with Gasteiger partial charge in [-0.3, -0.25) is 9.78 Å². The molecular formula is C23H25FN2O2. The van der Waals surface area contributed by atoms with E-state index in [9.17, 15) is 9.18 Å². The molecule has 28 heavy (non-hydrogen) atoms. The monoisotopic (exact) mass is 380 g/mol. The summed E-state index contributed by atoms with van der Waals surface area (Å²) in [7, 11) is 1.50. The highest BCUT2D eigenvalue weighted by atomic mass is 19.1. The zero-order chi connectivity index (χ0) is 20.5. The number of amides is 1. The fourth-order valence-electron chi connectivity index (χ4n) is 3.04. The van der Waals surface area contributed by atoms with E-state index in [1.807, 2.05) is 25.1 Å². The van der Waals surface area contributed by atoms with Gasteiger partial charge in [-0.05, 0) is 42.8 Å². The van der Waals surface area contributed by atoms with Gasteiger partial charge in [-0.2, -0.15) is 0 Å². The highest BCUT2D eigenvalue weighted by Crippen LogP contribution is 2.24. The number of rotatable bonds is 4. The van der Waals surface area contributed by atoms with Crippen molar-refractivity contribution >= 4 is 16.8 Å². The summed E-state index contributed by atoms with van der Waals surface area (Å²) in [6.45, 7) is 8.29. The van der Waals surface area contributed by atoms with Crippen LogP contribution in [0.2, 0.25) is 0 Å². The molecule has 0 fully saturated rings. The maximum Gasteiger partial charge on any atom is 0.251 e. The standard InChI is InChI=1S/C23H25FN2O2/c1-14-10-17(18(24)12-20(14)28-5)13-25-22(27)16-6-8-19-15(11-16)7-9-21(26-19)23(2,3)4/h6-12H,13H2,1-5H3,(H,25,27). The van der Waals surface area contributed by atoms with Gasteiger partial charge in [-0.25, -0.2) is 4.39 Å². The third kappa shape index (κ3) is 4.14. The van der Waals surface area contributed by atoms with Crippen LogP contribution in [-0.2, 0) is 12.0 Å². The van der Waals surface area contributed by atoms with E-state index in [1.54, 1.807) is 18.2 Å². The molecule has 3 rings (SSSR count). The molecule has 1 amide bonds. The first-order valence-corrected chi connectivity index (χ1v) is 9.21. The van der Waals surface area contributed by atoms with Crippen LogP contribution in [0, 0.1) is 12.7 Å². The zero-order valence-electron chi connectivity index (χ0n) is 16.9. The number of aryl methyl sites for hydroxylation is 1. The summed E-state index contributed by atoms with van der Waals surface area (Å²) >= 11 is 0. The average Bonchev–Trinajstić information content (AvgIpc) is 2.66. The van der Waals surface area contributed by atoms with E-state index in [0.29, 0.717) is 16.9 Å². The van der Waals surface area contributed by atoms with Gasteiger partial charge in [0.05, 0.1) is 12.6 Å². The Kier molecular flexibility index (Phi) is 5.36. The molecule has 0 saturated heterocycles. The van der Waals surface area contributed by atoms with Crippen molar-refractivity contribution in [2.24, 2.45) is 0 Å². The molecule has 0 radical (unpaired) electrons. The number of halogens is 1. The number of aromatic nitrogens is 1. The Bertz CT molecular complexity index is 1040. The van der Waals surface area contributed by atoms with Crippen molar-refractivity contribution in [2.45, 2.75) is 39.7 Å². The summed E-state index contributed by atoms with van der Waals surface area (Å²) in [6, 6.07) is 12.4. The van der Waals surface area contributed by atoms with Crippen LogP contribution < -0.4 is 10.1 Å². The van der Waals surface area contributed by atoms with Crippen LogP contribution in [0.1, 0.15) is 48.0 Å². The van der Waals surface area contributed by atoms with E-state index >= 15 is 0 Å². The lowest BCUT2D eigenvalue weighted by atomic mass is 9.91. The van der Waals surface area contributed by atoms with Crippen LogP contribution in [0.4, 0.5) is 4.39 Å². The van der Waals surface area contributed by atoms with E-state index in [4.69, 9.17) is 4.74 Å². The first-order chi connectivity index (χ1) is 13.2. The van der Waals surface area contributed by atoms with Crippen molar-refractivity contribution in [1.82, 2.24) is 10.3 Å². The van der Waals surface area contributed by atoms with E-state index in [1.165, 1.54) is 13.2 Å². The molecule has 0 aliphatic rings. The van der Waals surface area contributed by atoms with Crippen LogP contribution >= 0.6 is 0 Å². The molecule has 146 valence electrons. The van der Waals surface area contributed by atoms with Gasteiger partial charge in [-0.1, -0.05) is 26.8 Å². The second-order valence-corrected chi connectivity index (χ2v) is 7.95. The van der Waals surface area contributed by atoms with E-state index in [2.05, 4.69) is 31.1 Å². The largest absolute Gasteiger partial charge is 0.496 e. The minimum Gasteiger partial charge on any atom is -0.496 e. The second-order valence-electron chi connectivity index (χ2n) is 7.95. The zero-order valence-corrected chi connectivity index (χ0v) is 16.9. The van der Waals surface area contributed by atoms with Crippen LogP contribution in [0.15, 0.2) is 42.5 Å². The molecule has 2 aromatic carbocycles. The first-order valence-electron chi connectivity index (χ1n) is 9.21. The number of benzene rings is 2. The molecule has 3 aromatic rings. The number of carbonyl (C=O) groups excluding carboxylic acids is 1. The molecule has 0 aliphatic heterocycles. The van der Waals surface area contributed by atoms with Crippen LogP contribution in [-0.4, -0.2) is 18.0 Å². The molecule has 0 atom stereocenters. The SMILES string of the molecule is COc1cc(F)c(CNC(=O)c2ccc3nc(C(C)(C)C)ccc3c2)cc1C. The summed E-state index contributed by atoms with van der Waals surface area (Å²) in [5.41, 5.74) is 3.57. The molecule has 0 saturated carbocycles. The Morgan fingerprint density at radius 1 is 1.14 bits per heavy atom. The summed E-state index contributed by atoms with van der Waals surface area (Å²) in [6.07, 6.45) is 0. The van der Waals surface area contributed by atoms with Gasteiger partial charge in [-0.15, -0.1) is 0 Å². The van der Waals surface area contributed by atoms with E-state index < -0.39 is 5.82 Å². The molecule has 5 heteroatoms. The molecule has 0 unspecified atom stereocenters. The average molecular weight is 380 g/mol. The van der Waals surface area contributed by atoms with Crippen molar-refractivity contribution in [3.63, 3.8) is 0 Å². The predicted molar refractivity (Wildman–Crippen MR) is 109 cm³/mol. The molecule has 4 nitrogen and oxygen atoms in total. The van der Waals surface area contributed by atoms with Crippen molar-refractivity contribution in [3.05, 3.63) is 70.7 Å². The van der Waals surface area contributed by atoms with Gasteiger partial charge < -0.3 is 10.1 Å². The summed E-state index contributed by atoms with van der Waals surface area (Å²) < 4.78 is 19.3. The van der Waals surface area contributed by atoms with Gasteiger partial charge in [0.25, 0.3) is 5.91 Å². The van der Waals surface area contributed by atoms with Gasteiger partial charge in [0.15, 0.2) is 0 Å². The third-order valence-electron chi connectivity index (χ3n) is 4.72. The van der Waals surface area contributed by atoms with Crippen LogP contribution in [0.25, 0.3) is 10.9 Å². The van der Waals surface area contributed by atoms with Crippen molar-refractivity contribution < 1.29 is 13.9 Å². The minimum absolute atomic E-state index is 0.0369. The number of pyridine rings is 1. The molecule has 1 N–H and O–H groups in total. The lowest BCUT2D eigenvalue weighted by Gasteiger charge is -2.18. The maximum atomic E-state index is 14.2. The number of ether oxygens (including phenoxy) is 1. The van der Waals surface area contributed by atoms with Crippen LogP contribution in [0.3, 0.4) is 0 Å². The molecule has 0 spiro atoms. The minimum atomic E-state index is -0.403. The number of nitrogens with zero attached hydrogens (tertiary/aromatic N) is 1. The van der Waals surface area contributed by atoms with Gasteiger partial charge in [0.2, 0.25) is 0 Å². The fraction of sp³-hybridized carbons (Fsp3) is 0.304. The maximum absolute atomic E-state index is 14.2. The number of hydrogen-bond donors (Lipinski definition) is 1. The first kappa shape index (κ1) is 19.8. The highest BCUT2D eigenvalue weighted by Gasteiger charge is 2.16. The number of nitrogens with one attached hydrogen (secondary N) is 1. The summed E-state index contributed by atoms with van der Waals surface area (Å²) in [4.78, 5) is 17.2. The Morgan fingerprint density at radius 3 is 2.57 bits per heavy atom. The number of hydrogen-bond acceptors (Lipinski definition) is 3. The number of methoxy groups -OCH3 is 1. The highest BCUT2D eigenvalue weighted by molar-refractivity contribution is 5.97. The van der Waals surface area contributed by atoms with E-state index in [0.717, 1.165) is 22.2 Å². The normalized spacial score (nSPS) is 11.5. The second kappa shape index (κ2) is 7.58. The van der Waals surface area contributed by atoms with Crippen molar-refractivity contribution in [1.29, 1.82) is 0 Å². The lowest BCUT2D eigenvalue weighted by molar-refractivity contribution is 0.0950. The van der Waals surface area contributed by atoms with Gasteiger partial charge in [0, 0.05) is 40.2 Å². The van der Waals surface area contributed by atoms with Crippen molar-refractivity contribution in [3.8, 4) is 5.75 Å². The van der Waals surface area contributed by atoms with Crippen LogP contribution in [0.5, 0.6) is 5.75 Å². The predicted octanol–water partition coefficient (Wildman–Crippen LogP) is 4.92. The molecule has 0 aliphatic carbocycles. The Labute approximate surface area is 164 Å². The fourth-order valence-corrected chi connectivity index (χ4v) is 3.04. The molecule has 0 bridgehead atoms.